The number of benzene rings is 2. The number of carbonyl (C=O) groups is 2. The van der Waals surface area contributed by atoms with E-state index < -0.39 is 29.0 Å². The Labute approximate surface area is 213 Å². The van der Waals surface area contributed by atoms with Crippen LogP contribution in [-0.2, 0) is 11.3 Å². The number of hydrogen-bond acceptors (Lipinski definition) is 6. The summed E-state index contributed by atoms with van der Waals surface area (Å²) in [5.41, 5.74) is 1.10. The van der Waals surface area contributed by atoms with Crippen LogP contribution in [0.15, 0.2) is 52.9 Å². The van der Waals surface area contributed by atoms with Crippen molar-refractivity contribution in [1.82, 2.24) is 10.3 Å². The third-order valence-electron chi connectivity index (χ3n) is 5.67. The van der Waals surface area contributed by atoms with Gasteiger partial charge in [0.05, 0.1) is 24.1 Å². The number of fused-ring (bicyclic) bond motifs is 1. The topological polar surface area (TPSA) is 142 Å². The lowest BCUT2D eigenvalue weighted by Crippen LogP contribution is -2.25. The fourth-order valence-electron chi connectivity index (χ4n) is 3.98. The fraction of sp³-hybridized carbons (Fsp3) is 0.160. The first kappa shape index (κ1) is 25.8. The molecule has 0 spiro atoms. The number of carboxylic acids is 1. The highest BCUT2D eigenvalue weighted by Gasteiger charge is 2.26. The molecule has 37 heavy (non-hydrogen) atoms. The predicted molar refractivity (Wildman–Crippen MR) is 136 cm³/mol. The summed E-state index contributed by atoms with van der Waals surface area (Å²) in [6.45, 7) is 1.77. The molecule has 192 valence electrons. The molecule has 0 radical (unpaired) electrons. The number of anilines is 1. The van der Waals surface area contributed by atoms with Crippen molar-refractivity contribution in [3.05, 3.63) is 65.6 Å². The molecular weight excluding hydrogens is 505 g/mol. The van der Waals surface area contributed by atoms with Gasteiger partial charge in [-0.2, -0.15) is 0 Å². The van der Waals surface area contributed by atoms with Gasteiger partial charge in [-0.3, -0.25) is 13.7 Å². The van der Waals surface area contributed by atoms with Gasteiger partial charge in [0.15, 0.2) is 11.4 Å². The number of amides is 1. The molecule has 2 aromatic heterocycles. The Balaban J connectivity index is 2.09. The number of nitrogens with zero attached hydrogens (tertiary/aromatic N) is 2. The normalized spacial score (nSPS) is 11.8. The average molecular weight is 528 g/mol. The summed E-state index contributed by atoms with van der Waals surface area (Å²) >= 11 is -2.45. The number of nitrogens with one attached hydrogen (secondary N) is 1. The van der Waals surface area contributed by atoms with Crippen LogP contribution in [0.25, 0.3) is 33.6 Å². The van der Waals surface area contributed by atoms with E-state index in [0.29, 0.717) is 10.9 Å². The van der Waals surface area contributed by atoms with Gasteiger partial charge < -0.3 is 19.6 Å². The van der Waals surface area contributed by atoms with Gasteiger partial charge in [-0.25, -0.2) is 18.4 Å². The molecule has 4 rings (SSSR count). The molecule has 12 heteroatoms. The Kier molecular flexibility index (Phi) is 7.23. The standard InChI is InChI=1S/C25H22FN3O7S/c1-4-29(37(33)34)18-12-20-16(11-15(18)17-9-10-19(35-3)22(28-17)25(31)32)21(24(30)27-2)23(36-20)13-5-7-14(26)8-6-13/h5-12H,4H2,1-3H3,(H,27,30)(H,31,32)(H,33,34). The molecule has 1 amide bonds. The van der Waals surface area contributed by atoms with Gasteiger partial charge in [0.2, 0.25) is 0 Å². The summed E-state index contributed by atoms with van der Waals surface area (Å²) in [5.74, 6) is -2.07. The van der Waals surface area contributed by atoms with Crippen molar-refractivity contribution in [2.45, 2.75) is 6.92 Å². The third-order valence-corrected chi connectivity index (χ3v) is 6.50. The van der Waals surface area contributed by atoms with Crippen molar-refractivity contribution in [3.63, 3.8) is 0 Å². The molecule has 0 saturated carbocycles. The Bertz CT molecular complexity index is 1540. The van der Waals surface area contributed by atoms with Crippen LogP contribution in [0.4, 0.5) is 10.1 Å². The van der Waals surface area contributed by atoms with Crippen molar-refractivity contribution in [2.24, 2.45) is 0 Å². The highest BCUT2D eigenvalue weighted by atomic mass is 32.2. The quantitative estimate of drug-likeness (QED) is 0.288. The molecule has 0 aliphatic rings. The van der Waals surface area contributed by atoms with E-state index in [1.54, 1.807) is 13.0 Å². The molecule has 1 atom stereocenters. The molecule has 2 heterocycles. The van der Waals surface area contributed by atoms with Crippen molar-refractivity contribution in [2.75, 3.05) is 25.0 Å². The fourth-order valence-corrected chi connectivity index (χ4v) is 4.52. The van der Waals surface area contributed by atoms with Gasteiger partial charge in [-0.1, -0.05) is 0 Å². The first-order chi connectivity index (χ1) is 17.7. The lowest BCUT2D eigenvalue weighted by Gasteiger charge is -2.21. The Hall–Kier alpha value is -4.29. The first-order valence-corrected chi connectivity index (χ1v) is 12.0. The monoisotopic (exact) mass is 527 g/mol. The second-order valence-electron chi connectivity index (χ2n) is 7.74. The molecule has 3 N–H and O–H groups in total. The van der Waals surface area contributed by atoms with Gasteiger partial charge >= 0.3 is 5.97 Å². The van der Waals surface area contributed by atoms with E-state index >= 15 is 0 Å². The van der Waals surface area contributed by atoms with E-state index in [4.69, 9.17) is 9.15 Å². The molecule has 10 nitrogen and oxygen atoms in total. The van der Waals surface area contributed by atoms with E-state index in [-0.39, 0.29) is 51.8 Å². The van der Waals surface area contributed by atoms with E-state index in [1.165, 1.54) is 56.6 Å². The molecule has 0 saturated heterocycles. The number of halogens is 1. The molecule has 0 fully saturated rings. The zero-order chi connectivity index (χ0) is 26.9. The number of hydrogen-bond donors (Lipinski definition) is 3. The maximum atomic E-state index is 13.5. The highest BCUT2D eigenvalue weighted by Crippen LogP contribution is 2.41. The van der Waals surface area contributed by atoms with E-state index in [0.717, 1.165) is 4.31 Å². The van der Waals surface area contributed by atoms with Crippen molar-refractivity contribution >= 4 is 39.8 Å². The number of carboxylic acid groups (broad SMARTS) is 1. The molecule has 2 aromatic carbocycles. The van der Waals surface area contributed by atoms with Crippen LogP contribution in [0.3, 0.4) is 0 Å². The molecule has 1 unspecified atom stereocenters. The van der Waals surface area contributed by atoms with Gasteiger partial charge in [-0.05, 0) is 49.4 Å². The largest absolute Gasteiger partial charge is 0.494 e. The smallest absolute Gasteiger partial charge is 0.358 e. The lowest BCUT2D eigenvalue weighted by atomic mass is 10.0. The Morgan fingerprint density at radius 1 is 1.19 bits per heavy atom. The summed E-state index contributed by atoms with van der Waals surface area (Å²) in [6.07, 6.45) is 0. The van der Waals surface area contributed by atoms with Crippen LogP contribution in [0, 0.1) is 5.82 Å². The van der Waals surface area contributed by atoms with E-state index in [1.807, 2.05) is 0 Å². The van der Waals surface area contributed by atoms with Crippen LogP contribution in [0.5, 0.6) is 5.75 Å². The zero-order valence-corrected chi connectivity index (χ0v) is 20.8. The van der Waals surface area contributed by atoms with Crippen molar-refractivity contribution in [3.8, 4) is 28.3 Å². The Morgan fingerprint density at radius 3 is 2.46 bits per heavy atom. The second-order valence-corrected chi connectivity index (χ2v) is 8.64. The van der Waals surface area contributed by atoms with Crippen molar-refractivity contribution in [1.29, 1.82) is 0 Å². The highest BCUT2D eigenvalue weighted by molar-refractivity contribution is 7.80. The second kappa shape index (κ2) is 10.4. The van der Waals surface area contributed by atoms with Gasteiger partial charge in [0, 0.05) is 36.2 Å². The molecule has 0 aliphatic carbocycles. The maximum absolute atomic E-state index is 13.5. The zero-order valence-electron chi connectivity index (χ0n) is 19.9. The minimum absolute atomic E-state index is 0.0323. The third kappa shape index (κ3) is 4.76. The van der Waals surface area contributed by atoms with E-state index in [9.17, 15) is 27.8 Å². The summed E-state index contributed by atoms with van der Waals surface area (Å²) < 4.78 is 48.0. The number of furan rings is 1. The van der Waals surface area contributed by atoms with Gasteiger partial charge in [0.25, 0.3) is 17.2 Å². The summed E-state index contributed by atoms with van der Waals surface area (Å²) in [5, 5.41) is 12.5. The minimum atomic E-state index is -2.45. The van der Waals surface area contributed by atoms with Crippen molar-refractivity contribution < 1.29 is 37.0 Å². The molecular formula is C25H22FN3O7S. The van der Waals surface area contributed by atoms with Crippen LogP contribution in [0.2, 0.25) is 0 Å². The average Bonchev–Trinajstić information content (AvgIpc) is 3.26. The maximum Gasteiger partial charge on any atom is 0.358 e. The SMILES string of the molecule is CCN(c1cc2oc(-c3ccc(F)cc3)c(C(=O)NC)c2cc1-c1ccc(OC)c(C(=O)O)n1)S(=O)O. The summed E-state index contributed by atoms with van der Waals surface area (Å²) in [4.78, 5) is 29.0. The minimum Gasteiger partial charge on any atom is -0.494 e. The number of aromatic carboxylic acids is 1. The summed E-state index contributed by atoms with van der Waals surface area (Å²) in [6, 6.07) is 11.3. The number of carbonyl (C=O) groups excluding carboxylic acids is 1. The van der Waals surface area contributed by atoms with Crippen LogP contribution >= 0.6 is 0 Å². The summed E-state index contributed by atoms with van der Waals surface area (Å²) in [7, 11) is 2.76. The number of pyridine rings is 1. The number of ether oxygens (including phenoxy) is 1. The van der Waals surface area contributed by atoms with Crippen LogP contribution in [0.1, 0.15) is 27.8 Å². The van der Waals surface area contributed by atoms with Gasteiger partial charge in [0.1, 0.15) is 17.2 Å². The number of methoxy groups -OCH3 is 1. The van der Waals surface area contributed by atoms with Crippen LogP contribution < -0.4 is 14.4 Å². The first-order valence-electron chi connectivity index (χ1n) is 11.0. The molecule has 0 bridgehead atoms. The Morgan fingerprint density at radius 2 is 1.89 bits per heavy atom. The van der Waals surface area contributed by atoms with E-state index in [2.05, 4.69) is 10.3 Å². The lowest BCUT2D eigenvalue weighted by molar-refractivity contribution is 0.0686. The van der Waals surface area contributed by atoms with Crippen LogP contribution in [-0.4, -0.2) is 51.4 Å². The molecule has 0 aliphatic heterocycles. The predicted octanol–water partition coefficient (Wildman–Crippen LogP) is 4.33. The van der Waals surface area contributed by atoms with Gasteiger partial charge in [-0.15, -0.1) is 0 Å². The number of rotatable bonds is 8. The molecule has 4 aromatic rings. The number of aromatic nitrogens is 1.